The van der Waals surface area contributed by atoms with Crippen molar-refractivity contribution in [3.63, 3.8) is 0 Å². The Labute approximate surface area is 177 Å². The van der Waals surface area contributed by atoms with Gasteiger partial charge in [-0.2, -0.15) is 0 Å². The molecule has 29 heavy (non-hydrogen) atoms. The monoisotopic (exact) mass is 447 g/mol. The van der Waals surface area contributed by atoms with Crippen LogP contribution in [0.3, 0.4) is 0 Å². The van der Waals surface area contributed by atoms with Crippen LogP contribution in [0.1, 0.15) is 40.8 Å². The van der Waals surface area contributed by atoms with Crippen molar-refractivity contribution in [3.8, 4) is 0 Å². The summed E-state index contributed by atoms with van der Waals surface area (Å²) in [6.07, 6.45) is 5.76. The molecule has 0 amide bonds. The lowest BCUT2D eigenvalue weighted by Crippen LogP contribution is -2.11. The lowest BCUT2D eigenvalue weighted by molar-refractivity contribution is 0.597. The lowest BCUT2D eigenvalue weighted by atomic mass is 10.1. The molecule has 10 heteroatoms. The first-order valence-electron chi connectivity index (χ1n) is 9.66. The number of hydrogen-bond donors (Lipinski definition) is 0. The molecule has 3 aromatic heterocycles. The van der Waals surface area contributed by atoms with E-state index in [-0.39, 0.29) is 17.4 Å². The van der Waals surface area contributed by atoms with Crippen LogP contribution in [0.25, 0.3) is 10.2 Å². The van der Waals surface area contributed by atoms with Gasteiger partial charge in [0.05, 0.1) is 11.5 Å². The zero-order valence-electron chi connectivity index (χ0n) is 16.1. The van der Waals surface area contributed by atoms with E-state index >= 15 is 0 Å². The molecule has 0 bridgehead atoms. The van der Waals surface area contributed by atoms with Crippen molar-refractivity contribution in [2.75, 3.05) is 11.5 Å². The van der Waals surface area contributed by atoms with Crippen LogP contribution in [0.15, 0.2) is 22.8 Å². The number of aromatic nitrogens is 5. The standard InChI is InChI=1S/C19H21N5O2S3/c1-3-8-24-16(12-7-9-29(25,26)10-12)22-23-19(24)28-18-15-13-5-4-6-14(13)27-17(15)20-11(2)21-18/h3,12H,1,4-10H2,2H3/t12-/m1/s1. The Morgan fingerprint density at radius 2 is 2.17 bits per heavy atom. The molecule has 0 radical (unpaired) electrons. The average Bonchev–Trinajstić information content (AvgIpc) is 3.39. The van der Waals surface area contributed by atoms with Gasteiger partial charge in [0.15, 0.2) is 15.0 Å². The molecular formula is C19H21N5O2S3. The summed E-state index contributed by atoms with van der Waals surface area (Å²) in [5.74, 6) is 1.72. The first kappa shape index (κ1) is 19.2. The maximum absolute atomic E-state index is 11.9. The highest BCUT2D eigenvalue weighted by Gasteiger charge is 2.33. The summed E-state index contributed by atoms with van der Waals surface area (Å²) in [6, 6.07) is 0. The molecule has 1 saturated heterocycles. The van der Waals surface area contributed by atoms with E-state index < -0.39 is 9.84 Å². The second-order valence-electron chi connectivity index (χ2n) is 7.56. The van der Waals surface area contributed by atoms with Gasteiger partial charge >= 0.3 is 0 Å². The van der Waals surface area contributed by atoms with Gasteiger partial charge in [-0.05, 0) is 49.9 Å². The van der Waals surface area contributed by atoms with Crippen molar-refractivity contribution < 1.29 is 8.42 Å². The van der Waals surface area contributed by atoms with E-state index in [2.05, 4.69) is 21.8 Å². The van der Waals surface area contributed by atoms with Gasteiger partial charge in [-0.25, -0.2) is 18.4 Å². The van der Waals surface area contributed by atoms with Crippen LogP contribution >= 0.6 is 23.1 Å². The third kappa shape index (κ3) is 3.40. The highest BCUT2D eigenvalue weighted by atomic mass is 32.2. The van der Waals surface area contributed by atoms with Gasteiger partial charge < -0.3 is 4.57 Å². The van der Waals surface area contributed by atoms with Crippen LogP contribution in [0, 0.1) is 6.92 Å². The molecule has 0 N–H and O–H groups in total. The Morgan fingerprint density at radius 3 is 2.93 bits per heavy atom. The first-order chi connectivity index (χ1) is 13.9. The Balaban J connectivity index is 1.57. The Hall–Kier alpha value is -1.78. The predicted molar refractivity (Wildman–Crippen MR) is 115 cm³/mol. The van der Waals surface area contributed by atoms with E-state index in [1.165, 1.54) is 28.6 Å². The number of allylic oxidation sites excluding steroid dienone is 1. The minimum atomic E-state index is -2.99. The summed E-state index contributed by atoms with van der Waals surface area (Å²) in [5.41, 5.74) is 1.38. The highest BCUT2D eigenvalue weighted by molar-refractivity contribution is 7.99. The number of rotatable bonds is 5. The number of hydrogen-bond acceptors (Lipinski definition) is 8. The molecule has 1 atom stereocenters. The Morgan fingerprint density at radius 1 is 1.31 bits per heavy atom. The molecule has 2 aliphatic rings. The molecule has 7 nitrogen and oxygen atoms in total. The maximum atomic E-state index is 11.9. The zero-order chi connectivity index (χ0) is 20.2. The first-order valence-corrected chi connectivity index (χ1v) is 13.1. The molecular weight excluding hydrogens is 426 g/mol. The summed E-state index contributed by atoms with van der Waals surface area (Å²) in [7, 11) is -2.99. The fourth-order valence-electron chi connectivity index (χ4n) is 4.20. The topological polar surface area (TPSA) is 90.6 Å². The third-order valence-electron chi connectivity index (χ3n) is 5.49. The summed E-state index contributed by atoms with van der Waals surface area (Å²) in [6.45, 7) is 6.31. The zero-order valence-corrected chi connectivity index (χ0v) is 18.5. The number of aryl methyl sites for hydroxylation is 3. The minimum absolute atomic E-state index is 0.112. The quantitative estimate of drug-likeness (QED) is 0.438. The predicted octanol–water partition coefficient (Wildman–Crippen LogP) is 3.32. The molecule has 3 aromatic rings. The second-order valence-corrected chi connectivity index (χ2v) is 11.8. The van der Waals surface area contributed by atoms with Gasteiger partial charge in [0.25, 0.3) is 0 Å². The molecule has 0 unspecified atom stereocenters. The molecule has 4 heterocycles. The molecule has 1 aliphatic carbocycles. The smallest absolute Gasteiger partial charge is 0.197 e. The summed E-state index contributed by atoms with van der Waals surface area (Å²) in [5, 5.41) is 11.6. The van der Waals surface area contributed by atoms with E-state index in [0.717, 1.165) is 44.9 Å². The van der Waals surface area contributed by atoms with Crippen molar-refractivity contribution in [3.05, 3.63) is 34.7 Å². The molecule has 0 spiro atoms. The van der Waals surface area contributed by atoms with Crippen molar-refractivity contribution in [2.45, 2.75) is 55.3 Å². The third-order valence-corrected chi connectivity index (χ3v) is 9.41. The van der Waals surface area contributed by atoms with Crippen LogP contribution in [0.5, 0.6) is 0 Å². The molecule has 152 valence electrons. The molecule has 0 saturated carbocycles. The largest absolute Gasteiger partial charge is 0.302 e. The number of fused-ring (bicyclic) bond motifs is 3. The summed E-state index contributed by atoms with van der Waals surface area (Å²) < 4.78 is 25.9. The average molecular weight is 448 g/mol. The van der Waals surface area contributed by atoms with Crippen LogP contribution in [-0.2, 0) is 29.2 Å². The van der Waals surface area contributed by atoms with Gasteiger partial charge in [-0.3, -0.25) is 0 Å². The second kappa shape index (κ2) is 7.17. The van der Waals surface area contributed by atoms with Crippen molar-refractivity contribution in [1.29, 1.82) is 0 Å². The normalized spacial score (nSPS) is 20.4. The fraction of sp³-hybridized carbons (Fsp3) is 0.474. The summed E-state index contributed by atoms with van der Waals surface area (Å²) in [4.78, 5) is 11.9. The van der Waals surface area contributed by atoms with Gasteiger partial charge in [-0.15, -0.1) is 28.1 Å². The van der Waals surface area contributed by atoms with E-state index in [1.807, 2.05) is 11.5 Å². The van der Waals surface area contributed by atoms with Gasteiger partial charge in [-0.1, -0.05) is 6.08 Å². The molecule has 5 rings (SSSR count). The van der Waals surface area contributed by atoms with Crippen LogP contribution < -0.4 is 0 Å². The van der Waals surface area contributed by atoms with Gasteiger partial charge in [0, 0.05) is 22.7 Å². The van der Waals surface area contributed by atoms with E-state index in [4.69, 9.17) is 4.98 Å². The van der Waals surface area contributed by atoms with E-state index in [1.54, 1.807) is 17.4 Å². The molecule has 1 aliphatic heterocycles. The fourth-order valence-corrected chi connectivity index (χ4v) is 8.34. The van der Waals surface area contributed by atoms with E-state index in [0.29, 0.717) is 13.0 Å². The van der Waals surface area contributed by atoms with Gasteiger partial charge in [0.1, 0.15) is 21.5 Å². The van der Waals surface area contributed by atoms with Crippen molar-refractivity contribution in [1.82, 2.24) is 24.7 Å². The van der Waals surface area contributed by atoms with Crippen molar-refractivity contribution in [2.24, 2.45) is 0 Å². The van der Waals surface area contributed by atoms with Crippen molar-refractivity contribution >= 4 is 43.2 Å². The van der Waals surface area contributed by atoms with Crippen LogP contribution in [0.4, 0.5) is 0 Å². The highest BCUT2D eigenvalue weighted by Crippen LogP contribution is 2.42. The lowest BCUT2D eigenvalue weighted by Gasteiger charge is -2.11. The molecule has 0 aromatic carbocycles. The number of sulfone groups is 1. The minimum Gasteiger partial charge on any atom is -0.302 e. The Bertz CT molecular complexity index is 1230. The van der Waals surface area contributed by atoms with Crippen LogP contribution in [-0.4, -0.2) is 44.7 Å². The van der Waals surface area contributed by atoms with Gasteiger partial charge in [0.2, 0.25) is 0 Å². The van der Waals surface area contributed by atoms with E-state index in [9.17, 15) is 8.42 Å². The maximum Gasteiger partial charge on any atom is 0.197 e. The summed E-state index contributed by atoms with van der Waals surface area (Å²) >= 11 is 3.27. The number of nitrogens with zero attached hydrogens (tertiary/aromatic N) is 5. The SMILES string of the molecule is C=CCn1c(Sc2nc(C)nc3sc4c(c23)CCC4)nnc1[C@@H]1CCS(=O)(=O)C1. The van der Waals surface area contributed by atoms with Crippen LogP contribution in [0.2, 0.25) is 0 Å². The molecule has 1 fully saturated rings. The number of thiophene rings is 1. The Kier molecular flexibility index (Phi) is 4.75.